The van der Waals surface area contributed by atoms with E-state index in [2.05, 4.69) is 24.2 Å². The van der Waals surface area contributed by atoms with Crippen molar-refractivity contribution in [1.29, 1.82) is 0 Å². The van der Waals surface area contributed by atoms with Crippen LogP contribution in [0.1, 0.15) is 24.6 Å². The third-order valence-corrected chi connectivity index (χ3v) is 2.80. The zero-order valence-electron chi connectivity index (χ0n) is 10.2. The number of hydrogen-bond acceptors (Lipinski definition) is 3. The predicted octanol–water partition coefficient (Wildman–Crippen LogP) is 2.92. The molecule has 94 valence electrons. The van der Waals surface area contributed by atoms with E-state index in [1.165, 1.54) is 5.56 Å². The minimum absolute atomic E-state index is 0.0702. The van der Waals surface area contributed by atoms with Gasteiger partial charge < -0.3 is 9.63 Å². The van der Waals surface area contributed by atoms with Gasteiger partial charge in [-0.1, -0.05) is 36.3 Å². The molecule has 1 aromatic heterocycles. The predicted molar refractivity (Wildman–Crippen MR) is 67.3 cm³/mol. The highest BCUT2D eigenvalue weighted by Crippen LogP contribution is 2.21. The molecule has 0 radical (unpaired) electrons. The maximum Gasteiger partial charge on any atom is 0.303 e. The fraction of sp³-hybridized carbons (Fsp3) is 0.286. The highest BCUT2D eigenvalue weighted by molar-refractivity contribution is 5.67. The van der Waals surface area contributed by atoms with Gasteiger partial charge in [0.25, 0.3) is 0 Å². The van der Waals surface area contributed by atoms with Crippen LogP contribution >= 0.6 is 0 Å². The van der Waals surface area contributed by atoms with Crippen molar-refractivity contribution in [3.05, 3.63) is 41.6 Å². The Kier molecular flexibility index (Phi) is 3.77. The Balaban J connectivity index is 2.10. The van der Waals surface area contributed by atoms with Crippen LogP contribution in [0, 0.1) is 0 Å². The summed E-state index contributed by atoms with van der Waals surface area (Å²) < 4.78 is 5.21. The molecular weight excluding hydrogens is 230 g/mol. The summed E-state index contributed by atoms with van der Waals surface area (Å²) in [7, 11) is 0. The molecule has 0 spiro atoms. The molecule has 0 saturated carbocycles. The van der Waals surface area contributed by atoms with Crippen LogP contribution in [-0.2, 0) is 17.6 Å². The number of aliphatic carboxylic acids is 1. The third kappa shape index (κ3) is 2.97. The van der Waals surface area contributed by atoms with Crippen molar-refractivity contribution >= 4 is 5.97 Å². The highest BCUT2D eigenvalue weighted by atomic mass is 16.5. The first-order valence-corrected chi connectivity index (χ1v) is 5.95. The molecule has 0 fully saturated rings. The molecule has 2 aromatic rings. The smallest absolute Gasteiger partial charge is 0.303 e. The topological polar surface area (TPSA) is 63.3 Å². The lowest BCUT2D eigenvalue weighted by Crippen LogP contribution is -1.97. The Bertz CT molecular complexity index is 528. The van der Waals surface area contributed by atoms with E-state index < -0.39 is 5.97 Å². The number of nitrogens with zero attached hydrogens (tertiary/aromatic N) is 1. The second-order valence-electron chi connectivity index (χ2n) is 4.13. The van der Waals surface area contributed by atoms with E-state index in [4.69, 9.17) is 9.63 Å². The van der Waals surface area contributed by atoms with E-state index in [0.29, 0.717) is 17.9 Å². The van der Waals surface area contributed by atoms with Gasteiger partial charge in [-0.15, -0.1) is 0 Å². The number of benzene rings is 1. The van der Waals surface area contributed by atoms with Crippen molar-refractivity contribution in [3.8, 4) is 11.3 Å². The molecule has 4 heteroatoms. The van der Waals surface area contributed by atoms with Gasteiger partial charge >= 0.3 is 5.97 Å². The van der Waals surface area contributed by atoms with E-state index in [-0.39, 0.29) is 6.42 Å². The van der Waals surface area contributed by atoms with Crippen molar-refractivity contribution in [1.82, 2.24) is 5.16 Å². The monoisotopic (exact) mass is 245 g/mol. The summed E-state index contributed by atoms with van der Waals surface area (Å²) in [6, 6.07) is 9.87. The Morgan fingerprint density at radius 3 is 2.67 bits per heavy atom. The molecule has 0 unspecified atom stereocenters. The van der Waals surface area contributed by atoms with Crippen LogP contribution < -0.4 is 0 Å². The molecule has 1 heterocycles. The fourth-order valence-electron chi connectivity index (χ4n) is 1.71. The van der Waals surface area contributed by atoms with Crippen LogP contribution in [0.3, 0.4) is 0 Å². The number of hydrogen-bond donors (Lipinski definition) is 1. The van der Waals surface area contributed by atoms with Gasteiger partial charge in [0.15, 0.2) is 5.76 Å². The Morgan fingerprint density at radius 2 is 2.06 bits per heavy atom. The molecule has 0 aliphatic rings. The van der Waals surface area contributed by atoms with Gasteiger partial charge in [-0.2, -0.15) is 0 Å². The maximum atomic E-state index is 10.5. The number of aryl methyl sites for hydroxylation is 2. The molecular formula is C14H15NO3. The number of carboxylic acid groups (broad SMARTS) is 1. The third-order valence-electron chi connectivity index (χ3n) is 2.80. The Hall–Kier alpha value is -2.10. The normalized spacial score (nSPS) is 10.5. The average molecular weight is 245 g/mol. The lowest BCUT2D eigenvalue weighted by molar-refractivity contribution is -0.136. The number of carbonyl (C=O) groups is 1. The molecule has 0 bridgehead atoms. The maximum absolute atomic E-state index is 10.5. The van der Waals surface area contributed by atoms with E-state index >= 15 is 0 Å². The van der Waals surface area contributed by atoms with Gasteiger partial charge in [0, 0.05) is 18.1 Å². The minimum Gasteiger partial charge on any atom is -0.481 e. The highest BCUT2D eigenvalue weighted by Gasteiger charge is 2.08. The molecule has 1 aromatic carbocycles. The molecule has 0 aliphatic carbocycles. The first kappa shape index (κ1) is 12.4. The summed E-state index contributed by atoms with van der Waals surface area (Å²) in [5.74, 6) is -0.148. The quantitative estimate of drug-likeness (QED) is 0.879. The SMILES string of the molecule is CCc1ccc(-c2cc(CCC(=O)O)no2)cc1. The first-order chi connectivity index (χ1) is 8.69. The minimum atomic E-state index is -0.827. The van der Waals surface area contributed by atoms with Crippen LogP contribution in [-0.4, -0.2) is 16.2 Å². The van der Waals surface area contributed by atoms with Crippen LogP contribution in [0.15, 0.2) is 34.9 Å². The van der Waals surface area contributed by atoms with E-state index in [1.807, 2.05) is 12.1 Å². The van der Waals surface area contributed by atoms with Crippen LogP contribution in [0.5, 0.6) is 0 Å². The van der Waals surface area contributed by atoms with Crippen LogP contribution in [0.25, 0.3) is 11.3 Å². The molecule has 2 rings (SSSR count). The summed E-state index contributed by atoms with van der Waals surface area (Å²) >= 11 is 0. The van der Waals surface area contributed by atoms with Crippen molar-refractivity contribution in [2.45, 2.75) is 26.2 Å². The number of rotatable bonds is 5. The summed E-state index contributed by atoms with van der Waals surface area (Å²) in [4.78, 5) is 10.5. The lowest BCUT2D eigenvalue weighted by atomic mass is 10.1. The van der Waals surface area contributed by atoms with Crippen molar-refractivity contribution in [2.75, 3.05) is 0 Å². The van der Waals surface area contributed by atoms with Crippen LogP contribution in [0.4, 0.5) is 0 Å². The van der Waals surface area contributed by atoms with Gasteiger partial charge in [0.05, 0.1) is 12.1 Å². The molecule has 0 saturated heterocycles. The second-order valence-corrected chi connectivity index (χ2v) is 4.13. The van der Waals surface area contributed by atoms with Crippen LogP contribution in [0.2, 0.25) is 0 Å². The molecule has 18 heavy (non-hydrogen) atoms. The standard InChI is InChI=1S/C14H15NO3/c1-2-10-3-5-11(6-4-10)13-9-12(15-18-13)7-8-14(16)17/h3-6,9H,2,7-8H2,1H3,(H,16,17). The number of carboxylic acids is 1. The van der Waals surface area contributed by atoms with Gasteiger partial charge in [0.2, 0.25) is 0 Å². The fourth-order valence-corrected chi connectivity index (χ4v) is 1.71. The summed E-state index contributed by atoms with van der Waals surface area (Å²) in [5.41, 5.74) is 2.90. The van der Waals surface area contributed by atoms with E-state index in [9.17, 15) is 4.79 Å². The second kappa shape index (κ2) is 5.49. The van der Waals surface area contributed by atoms with Gasteiger partial charge in [-0.3, -0.25) is 4.79 Å². The average Bonchev–Trinajstić information content (AvgIpc) is 2.85. The largest absolute Gasteiger partial charge is 0.481 e. The first-order valence-electron chi connectivity index (χ1n) is 5.95. The molecule has 0 amide bonds. The van der Waals surface area contributed by atoms with Gasteiger partial charge in [0.1, 0.15) is 0 Å². The zero-order chi connectivity index (χ0) is 13.0. The summed E-state index contributed by atoms with van der Waals surface area (Å²) in [5, 5.41) is 12.5. The summed E-state index contributed by atoms with van der Waals surface area (Å²) in [6.07, 6.45) is 1.47. The molecule has 1 N–H and O–H groups in total. The molecule has 0 atom stereocenters. The van der Waals surface area contributed by atoms with Gasteiger partial charge in [-0.05, 0) is 12.0 Å². The summed E-state index contributed by atoms with van der Waals surface area (Å²) in [6.45, 7) is 2.10. The van der Waals surface area contributed by atoms with Crippen molar-refractivity contribution in [3.63, 3.8) is 0 Å². The van der Waals surface area contributed by atoms with Crippen molar-refractivity contribution < 1.29 is 14.4 Å². The van der Waals surface area contributed by atoms with E-state index in [1.54, 1.807) is 6.07 Å². The lowest BCUT2D eigenvalue weighted by Gasteiger charge is -1.97. The zero-order valence-corrected chi connectivity index (χ0v) is 10.2. The van der Waals surface area contributed by atoms with E-state index in [0.717, 1.165) is 12.0 Å². The van der Waals surface area contributed by atoms with Gasteiger partial charge in [-0.25, -0.2) is 0 Å². The molecule has 4 nitrogen and oxygen atoms in total. The Morgan fingerprint density at radius 1 is 1.33 bits per heavy atom. The molecule has 0 aliphatic heterocycles. The Labute approximate surface area is 105 Å². The van der Waals surface area contributed by atoms with Crippen molar-refractivity contribution in [2.24, 2.45) is 0 Å². The number of aromatic nitrogens is 1.